The SMILES string of the molecule is CC.CC(=Nc1c(C)nc(C)nc1N1CCN(CCF)CC1)c1ccccc1C.CC1CCOC1. The van der Waals surface area contributed by atoms with Crippen molar-refractivity contribution < 1.29 is 9.13 Å². The second-order valence-corrected chi connectivity index (χ2v) is 9.03. The minimum atomic E-state index is -0.295. The van der Waals surface area contributed by atoms with E-state index in [-0.39, 0.29) is 6.67 Å². The number of benzene rings is 1. The number of rotatable bonds is 5. The van der Waals surface area contributed by atoms with E-state index in [0.29, 0.717) is 6.54 Å². The second-order valence-electron chi connectivity index (χ2n) is 9.03. The molecule has 6 nitrogen and oxygen atoms in total. The summed E-state index contributed by atoms with van der Waals surface area (Å²) in [5, 5.41) is 0. The van der Waals surface area contributed by atoms with Crippen LogP contribution in [0.3, 0.4) is 0 Å². The van der Waals surface area contributed by atoms with E-state index >= 15 is 0 Å². The third kappa shape index (κ3) is 8.65. The third-order valence-corrected chi connectivity index (χ3v) is 6.20. The van der Waals surface area contributed by atoms with Gasteiger partial charge in [0.2, 0.25) is 0 Å². The molecule has 0 radical (unpaired) electrons. The number of piperazine rings is 1. The third-order valence-electron chi connectivity index (χ3n) is 6.20. The van der Waals surface area contributed by atoms with Crippen molar-refractivity contribution in [2.75, 3.05) is 57.5 Å². The molecule has 0 spiro atoms. The summed E-state index contributed by atoms with van der Waals surface area (Å²) in [6.07, 6.45) is 1.26. The van der Waals surface area contributed by atoms with Crippen LogP contribution in [0.25, 0.3) is 0 Å². The molecule has 2 saturated heterocycles. The Morgan fingerprint density at radius 3 is 2.31 bits per heavy atom. The molecule has 35 heavy (non-hydrogen) atoms. The first kappa shape index (κ1) is 28.9. The normalized spacial score (nSPS) is 18.5. The predicted molar refractivity (Wildman–Crippen MR) is 145 cm³/mol. The van der Waals surface area contributed by atoms with Crippen LogP contribution in [0.4, 0.5) is 15.9 Å². The highest BCUT2D eigenvalue weighted by Crippen LogP contribution is 2.31. The van der Waals surface area contributed by atoms with Gasteiger partial charge in [-0.1, -0.05) is 45.0 Å². The van der Waals surface area contributed by atoms with Gasteiger partial charge in [-0.2, -0.15) is 0 Å². The molecule has 0 amide bonds. The largest absolute Gasteiger partial charge is 0.381 e. The van der Waals surface area contributed by atoms with Crippen molar-refractivity contribution in [1.29, 1.82) is 0 Å². The number of alkyl halides is 1. The first-order chi connectivity index (χ1) is 16.9. The molecule has 0 bridgehead atoms. The van der Waals surface area contributed by atoms with Crippen molar-refractivity contribution in [1.82, 2.24) is 14.9 Å². The van der Waals surface area contributed by atoms with Gasteiger partial charge in [0.15, 0.2) is 5.82 Å². The average molecular weight is 486 g/mol. The lowest BCUT2D eigenvalue weighted by Crippen LogP contribution is -2.47. The molecule has 194 valence electrons. The predicted octanol–water partition coefficient (Wildman–Crippen LogP) is 5.70. The van der Waals surface area contributed by atoms with Gasteiger partial charge in [-0.3, -0.25) is 4.90 Å². The van der Waals surface area contributed by atoms with Crippen molar-refractivity contribution in [3.8, 4) is 0 Å². The average Bonchev–Trinajstić information content (AvgIpc) is 3.34. The Labute approximate surface area is 211 Å². The van der Waals surface area contributed by atoms with Gasteiger partial charge in [-0.25, -0.2) is 19.4 Å². The number of aromatic nitrogens is 2. The van der Waals surface area contributed by atoms with Crippen LogP contribution in [-0.4, -0.2) is 73.2 Å². The van der Waals surface area contributed by atoms with Gasteiger partial charge in [-0.05, 0) is 51.2 Å². The Balaban J connectivity index is 0.000000463. The Kier molecular flexibility index (Phi) is 12.3. The molecule has 2 fully saturated rings. The van der Waals surface area contributed by atoms with Crippen LogP contribution in [0.5, 0.6) is 0 Å². The minimum absolute atomic E-state index is 0.295. The van der Waals surface area contributed by atoms with E-state index < -0.39 is 0 Å². The molecule has 2 aliphatic rings. The van der Waals surface area contributed by atoms with Gasteiger partial charge in [0, 0.05) is 51.6 Å². The summed E-state index contributed by atoms with van der Waals surface area (Å²) in [5.41, 5.74) is 5.01. The number of hydrogen-bond donors (Lipinski definition) is 0. The van der Waals surface area contributed by atoms with E-state index in [1.54, 1.807) is 0 Å². The molecule has 2 aromatic rings. The first-order valence-corrected chi connectivity index (χ1v) is 13.0. The maximum atomic E-state index is 12.6. The molecule has 4 rings (SSSR count). The fourth-order valence-electron chi connectivity index (χ4n) is 4.20. The molecule has 2 aliphatic heterocycles. The molecular weight excluding hydrogens is 441 g/mol. The van der Waals surface area contributed by atoms with Crippen molar-refractivity contribution in [2.45, 2.75) is 54.9 Å². The monoisotopic (exact) mass is 485 g/mol. The zero-order valence-corrected chi connectivity index (χ0v) is 22.8. The van der Waals surface area contributed by atoms with E-state index in [1.165, 1.54) is 12.0 Å². The summed E-state index contributed by atoms with van der Waals surface area (Å²) >= 11 is 0. The quantitative estimate of drug-likeness (QED) is 0.508. The molecule has 1 aromatic carbocycles. The number of aryl methyl sites for hydroxylation is 3. The summed E-state index contributed by atoms with van der Waals surface area (Å²) < 4.78 is 17.7. The van der Waals surface area contributed by atoms with Crippen molar-refractivity contribution in [2.24, 2.45) is 10.9 Å². The number of ether oxygens (including phenoxy) is 1. The molecule has 1 unspecified atom stereocenters. The van der Waals surface area contributed by atoms with Crippen LogP contribution >= 0.6 is 0 Å². The summed E-state index contributed by atoms with van der Waals surface area (Å²) in [6, 6.07) is 8.26. The van der Waals surface area contributed by atoms with Crippen LogP contribution in [0.15, 0.2) is 29.3 Å². The summed E-state index contributed by atoms with van der Waals surface area (Å²) in [7, 11) is 0. The lowest BCUT2D eigenvalue weighted by Gasteiger charge is -2.35. The summed E-state index contributed by atoms with van der Waals surface area (Å²) in [6.45, 7) is 19.8. The zero-order valence-electron chi connectivity index (χ0n) is 22.8. The maximum absolute atomic E-state index is 12.6. The fraction of sp³-hybridized carbons (Fsp3) is 0.607. The summed E-state index contributed by atoms with van der Waals surface area (Å²) in [4.78, 5) is 18.6. The van der Waals surface area contributed by atoms with Crippen LogP contribution in [0, 0.1) is 26.7 Å². The van der Waals surface area contributed by atoms with Gasteiger partial charge >= 0.3 is 0 Å². The smallest absolute Gasteiger partial charge is 0.158 e. The highest BCUT2D eigenvalue weighted by molar-refractivity contribution is 6.02. The molecule has 1 atom stereocenters. The van der Waals surface area contributed by atoms with Crippen molar-refractivity contribution >= 4 is 17.2 Å². The van der Waals surface area contributed by atoms with Crippen LogP contribution in [0.1, 0.15) is 56.8 Å². The van der Waals surface area contributed by atoms with E-state index in [0.717, 1.165) is 79.6 Å². The lowest BCUT2D eigenvalue weighted by atomic mass is 10.1. The van der Waals surface area contributed by atoms with E-state index in [2.05, 4.69) is 40.8 Å². The van der Waals surface area contributed by atoms with Gasteiger partial charge in [0.1, 0.15) is 18.2 Å². The van der Waals surface area contributed by atoms with E-state index in [9.17, 15) is 4.39 Å². The van der Waals surface area contributed by atoms with Crippen LogP contribution in [-0.2, 0) is 4.74 Å². The molecule has 7 heteroatoms. The number of nitrogens with zero attached hydrogens (tertiary/aromatic N) is 5. The van der Waals surface area contributed by atoms with Gasteiger partial charge in [0.05, 0.1) is 5.69 Å². The van der Waals surface area contributed by atoms with Crippen LogP contribution < -0.4 is 4.90 Å². The minimum Gasteiger partial charge on any atom is -0.381 e. The summed E-state index contributed by atoms with van der Waals surface area (Å²) in [5.74, 6) is 2.46. The number of anilines is 1. The van der Waals surface area contributed by atoms with Crippen molar-refractivity contribution in [3.05, 3.63) is 46.9 Å². The molecule has 1 aromatic heterocycles. The number of halogens is 1. The van der Waals surface area contributed by atoms with Gasteiger partial charge < -0.3 is 9.64 Å². The molecule has 0 saturated carbocycles. The Bertz CT molecular complexity index is 935. The number of hydrogen-bond acceptors (Lipinski definition) is 6. The topological polar surface area (TPSA) is 53.9 Å². The second kappa shape index (κ2) is 14.9. The first-order valence-electron chi connectivity index (χ1n) is 13.0. The maximum Gasteiger partial charge on any atom is 0.158 e. The van der Waals surface area contributed by atoms with Crippen molar-refractivity contribution in [3.63, 3.8) is 0 Å². The number of aliphatic imine (C=N–C) groups is 1. The molecular formula is C28H44FN5O. The standard InChI is InChI=1S/C21H28FN5.C5H10O.C2H6/c1-15-7-5-6-8-19(15)16(2)24-20-17(3)23-18(4)25-21(20)27-13-11-26(10-9-22)12-14-27;1-5-2-3-6-4-5;1-2/h5-8H,9-14H2,1-4H3;5H,2-4H2,1H3;1-2H3. The van der Waals surface area contributed by atoms with E-state index in [4.69, 9.17) is 14.7 Å². The highest BCUT2D eigenvalue weighted by Gasteiger charge is 2.22. The molecule has 0 N–H and O–H groups in total. The zero-order chi connectivity index (χ0) is 25.8. The fourth-order valence-corrected chi connectivity index (χ4v) is 4.20. The lowest BCUT2D eigenvalue weighted by molar-refractivity contribution is 0.188. The van der Waals surface area contributed by atoms with Gasteiger partial charge in [0.25, 0.3) is 0 Å². The van der Waals surface area contributed by atoms with E-state index in [1.807, 2.05) is 46.8 Å². The molecule has 0 aliphatic carbocycles. The Morgan fingerprint density at radius 1 is 1.09 bits per heavy atom. The molecule has 3 heterocycles. The highest BCUT2D eigenvalue weighted by atomic mass is 19.1. The van der Waals surface area contributed by atoms with Gasteiger partial charge in [-0.15, -0.1) is 0 Å². The Morgan fingerprint density at radius 2 is 1.77 bits per heavy atom. The Hall–Kier alpha value is -2.38. The van der Waals surface area contributed by atoms with Crippen LogP contribution in [0.2, 0.25) is 0 Å².